The van der Waals surface area contributed by atoms with Gasteiger partial charge in [0.1, 0.15) is 0 Å². The highest BCUT2D eigenvalue weighted by atomic mass is 32.2. The molecule has 0 unspecified atom stereocenters. The molecule has 0 aliphatic carbocycles. The summed E-state index contributed by atoms with van der Waals surface area (Å²) in [6.45, 7) is 3.78. The third kappa shape index (κ3) is 7.10. The van der Waals surface area contributed by atoms with Crippen molar-refractivity contribution in [3.8, 4) is 0 Å². The van der Waals surface area contributed by atoms with Crippen LogP contribution in [0.25, 0.3) is 0 Å². The molecule has 118 valence electrons. The molecule has 0 radical (unpaired) electrons. The lowest BCUT2D eigenvalue weighted by Gasteiger charge is -2.13. The summed E-state index contributed by atoms with van der Waals surface area (Å²) in [5.41, 5.74) is 1.08. The first kappa shape index (κ1) is 17.5. The largest absolute Gasteiger partial charge is 0.481 e. The molecule has 0 aliphatic heterocycles. The minimum absolute atomic E-state index is 0.0250. The fourth-order valence-electron chi connectivity index (χ4n) is 1.69. The number of hydrogen-bond acceptors (Lipinski definition) is 4. The number of para-hydroxylation sites is 1. The fourth-order valence-corrected chi connectivity index (χ4v) is 2.64. The van der Waals surface area contributed by atoms with E-state index in [1.54, 1.807) is 24.3 Å². The minimum atomic E-state index is -3.51. The maximum Gasteiger partial charge on any atom is 0.303 e. The molecule has 0 aliphatic rings. The van der Waals surface area contributed by atoms with Gasteiger partial charge < -0.3 is 9.84 Å². The number of aryl methyl sites for hydroxylation is 1. The van der Waals surface area contributed by atoms with E-state index >= 15 is 0 Å². The highest BCUT2D eigenvalue weighted by Crippen LogP contribution is 2.18. The summed E-state index contributed by atoms with van der Waals surface area (Å²) < 4.78 is 31.6. The van der Waals surface area contributed by atoms with Gasteiger partial charge in [0.05, 0.1) is 24.2 Å². The molecule has 0 aromatic heterocycles. The van der Waals surface area contributed by atoms with Crippen molar-refractivity contribution in [3.63, 3.8) is 0 Å². The number of sulfonamides is 1. The first-order valence-electron chi connectivity index (χ1n) is 6.72. The van der Waals surface area contributed by atoms with Crippen LogP contribution in [0.5, 0.6) is 0 Å². The lowest BCUT2D eigenvalue weighted by atomic mass is 10.1. The summed E-state index contributed by atoms with van der Waals surface area (Å²) in [4.78, 5) is 10.6. The van der Waals surface area contributed by atoms with E-state index in [0.717, 1.165) is 0 Å². The van der Waals surface area contributed by atoms with Gasteiger partial charge in [-0.25, -0.2) is 8.42 Å². The van der Waals surface area contributed by atoms with E-state index < -0.39 is 16.0 Å². The van der Waals surface area contributed by atoms with Gasteiger partial charge in [0.15, 0.2) is 0 Å². The van der Waals surface area contributed by atoms with Crippen LogP contribution in [0, 0.1) is 0 Å². The van der Waals surface area contributed by atoms with Crippen LogP contribution in [-0.2, 0) is 26.0 Å². The van der Waals surface area contributed by atoms with E-state index in [1.807, 2.05) is 13.8 Å². The zero-order valence-electron chi connectivity index (χ0n) is 12.2. The molecule has 1 aromatic rings. The molecule has 0 heterocycles. The standard InChI is InChI=1S/C14H21NO5S/c1-11(2)20-9-10-21(18,19)15-13-6-4-3-5-12(13)7-8-14(16)17/h3-6,11,15H,7-10H2,1-2H3,(H,16,17). The molecule has 0 spiro atoms. The second kappa shape index (κ2) is 7.99. The molecule has 0 saturated carbocycles. The van der Waals surface area contributed by atoms with Crippen molar-refractivity contribution in [2.24, 2.45) is 0 Å². The summed E-state index contributed by atoms with van der Waals surface area (Å²) in [5.74, 6) is -1.06. The predicted molar refractivity (Wildman–Crippen MR) is 80.9 cm³/mol. The van der Waals surface area contributed by atoms with E-state index in [4.69, 9.17) is 9.84 Å². The monoisotopic (exact) mass is 315 g/mol. The van der Waals surface area contributed by atoms with Crippen LogP contribution in [0.15, 0.2) is 24.3 Å². The van der Waals surface area contributed by atoms with E-state index in [2.05, 4.69) is 4.72 Å². The van der Waals surface area contributed by atoms with Crippen molar-refractivity contribution in [1.29, 1.82) is 0 Å². The van der Waals surface area contributed by atoms with E-state index in [9.17, 15) is 13.2 Å². The van der Waals surface area contributed by atoms with Crippen molar-refractivity contribution in [2.75, 3.05) is 17.1 Å². The number of hydrogen-bond donors (Lipinski definition) is 2. The number of carbonyl (C=O) groups is 1. The van der Waals surface area contributed by atoms with Gasteiger partial charge >= 0.3 is 5.97 Å². The summed E-state index contributed by atoms with van der Waals surface area (Å²) in [6, 6.07) is 6.78. The van der Waals surface area contributed by atoms with Gasteiger partial charge in [-0.05, 0) is 31.9 Å². The molecule has 0 saturated heterocycles. The van der Waals surface area contributed by atoms with Gasteiger partial charge in [-0.3, -0.25) is 9.52 Å². The molecule has 1 rings (SSSR count). The molecular formula is C14H21NO5S. The zero-order valence-corrected chi connectivity index (χ0v) is 13.0. The van der Waals surface area contributed by atoms with Crippen LogP contribution < -0.4 is 4.72 Å². The number of anilines is 1. The summed E-state index contributed by atoms with van der Waals surface area (Å²) in [5, 5.41) is 8.71. The minimum Gasteiger partial charge on any atom is -0.481 e. The van der Waals surface area contributed by atoms with Crippen LogP contribution in [0.1, 0.15) is 25.8 Å². The van der Waals surface area contributed by atoms with Crippen LogP contribution >= 0.6 is 0 Å². The summed E-state index contributed by atoms with van der Waals surface area (Å²) in [6.07, 6.45) is 0.203. The Morgan fingerprint density at radius 3 is 2.62 bits per heavy atom. The normalized spacial score (nSPS) is 11.6. The van der Waals surface area contributed by atoms with E-state index in [1.165, 1.54) is 0 Å². The van der Waals surface area contributed by atoms with Crippen molar-refractivity contribution in [3.05, 3.63) is 29.8 Å². The Kier molecular flexibility index (Phi) is 6.64. The van der Waals surface area contributed by atoms with E-state index in [0.29, 0.717) is 11.3 Å². The first-order chi connectivity index (χ1) is 9.80. The van der Waals surface area contributed by atoms with Crippen LogP contribution in [0.3, 0.4) is 0 Å². The van der Waals surface area contributed by atoms with Crippen molar-refractivity contribution in [1.82, 2.24) is 0 Å². The van der Waals surface area contributed by atoms with Crippen molar-refractivity contribution >= 4 is 21.7 Å². The number of carboxylic acids is 1. The summed E-state index contributed by atoms with van der Waals surface area (Å²) in [7, 11) is -3.51. The molecular weight excluding hydrogens is 294 g/mol. The molecule has 2 N–H and O–H groups in total. The topological polar surface area (TPSA) is 92.7 Å². The third-order valence-corrected chi connectivity index (χ3v) is 3.93. The molecule has 21 heavy (non-hydrogen) atoms. The maximum absolute atomic E-state index is 12.0. The van der Waals surface area contributed by atoms with Crippen molar-refractivity contribution < 1.29 is 23.1 Å². The van der Waals surface area contributed by atoms with Crippen LogP contribution in [0.2, 0.25) is 0 Å². The van der Waals surface area contributed by atoms with Gasteiger partial charge in [0.25, 0.3) is 0 Å². The second-order valence-electron chi connectivity index (χ2n) is 4.89. The molecule has 6 nitrogen and oxygen atoms in total. The Morgan fingerprint density at radius 2 is 2.00 bits per heavy atom. The smallest absolute Gasteiger partial charge is 0.303 e. The molecule has 0 fully saturated rings. The Hall–Kier alpha value is -1.60. The van der Waals surface area contributed by atoms with Gasteiger partial charge in [0.2, 0.25) is 10.0 Å². The van der Waals surface area contributed by atoms with Gasteiger partial charge in [-0.1, -0.05) is 18.2 Å². The first-order valence-corrected chi connectivity index (χ1v) is 8.37. The Labute approximate surface area is 125 Å². The molecule has 0 amide bonds. The Balaban J connectivity index is 2.70. The molecule has 7 heteroatoms. The van der Waals surface area contributed by atoms with Crippen LogP contribution in [-0.4, -0.2) is 38.0 Å². The van der Waals surface area contributed by atoms with Gasteiger partial charge in [-0.2, -0.15) is 0 Å². The second-order valence-corrected chi connectivity index (χ2v) is 6.73. The number of benzene rings is 1. The number of aliphatic carboxylic acids is 1. The lowest BCUT2D eigenvalue weighted by Crippen LogP contribution is -2.22. The van der Waals surface area contributed by atoms with Gasteiger partial charge in [-0.15, -0.1) is 0 Å². The Bertz CT molecular complexity index is 568. The number of carboxylic acid groups (broad SMARTS) is 1. The van der Waals surface area contributed by atoms with Gasteiger partial charge in [0, 0.05) is 6.42 Å². The quantitative estimate of drug-likeness (QED) is 0.725. The maximum atomic E-state index is 12.0. The molecule has 0 atom stereocenters. The van der Waals surface area contributed by atoms with Crippen molar-refractivity contribution in [2.45, 2.75) is 32.8 Å². The average Bonchev–Trinajstić information content (AvgIpc) is 2.36. The van der Waals surface area contributed by atoms with Crippen LogP contribution in [0.4, 0.5) is 5.69 Å². The lowest BCUT2D eigenvalue weighted by molar-refractivity contribution is -0.136. The fraction of sp³-hybridized carbons (Fsp3) is 0.500. The predicted octanol–water partition coefficient (Wildman–Crippen LogP) is 1.87. The zero-order chi connectivity index (χ0) is 15.9. The highest BCUT2D eigenvalue weighted by Gasteiger charge is 2.13. The average molecular weight is 315 g/mol. The van der Waals surface area contributed by atoms with E-state index in [-0.39, 0.29) is 31.3 Å². The molecule has 1 aromatic carbocycles. The number of nitrogens with one attached hydrogen (secondary N) is 1. The number of rotatable bonds is 9. The number of ether oxygens (including phenoxy) is 1. The highest BCUT2D eigenvalue weighted by molar-refractivity contribution is 7.92. The Morgan fingerprint density at radius 1 is 1.33 bits per heavy atom. The summed E-state index contributed by atoms with van der Waals surface area (Å²) >= 11 is 0. The molecule has 0 bridgehead atoms. The third-order valence-electron chi connectivity index (χ3n) is 2.69. The SMILES string of the molecule is CC(C)OCCS(=O)(=O)Nc1ccccc1CCC(=O)O.